The molecule has 2 heterocycles. The molecule has 4 aromatic rings. The van der Waals surface area contributed by atoms with Crippen LogP contribution in [0.15, 0.2) is 91.4 Å². The number of benzene rings is 3. The fourth-order valence-electron chi connectivity index (χ4n) is 4.33. The highest BCUT2D eigenvalue weighted by molar-refractivity contribution is 7.90. The number of hydrogen-bond donors (Lipinski definition) is 2. The van der Waals surface area contributed by atoms with Gasteiger partial charge in [-0.1, -0.05) is 24.3 Å². The molecule has 0 saturated heterocycles. The van der Waals surface area contributed by atoms with E-state index in [4.69, 9.17) is 4.74 Å². The summed E-state index contributed by atoms with van der Waals surface area (Å²) in [5, 5.41) is 6.67. The molecule has 40 heavy (non-hydrogen) atoms. The Labute approximate surface area is 234 Å². The second-order valence-corrected chi connectivity index (χ2v) is 12.0. The summed E-state index contributed by atoms with van der Waals surface area (Å²) >= 11 is 0. The number of sulfone groups is 1. The molecule has 2 N–H and O–H groups in total. The van der Waals surface area contributed by atoms with Gasteiger partial charge in [0.25, 0.3) is 0 Å². The number of halogens is 1. The van der Waals surface area contributed by atoms with Crippen molar-refractivity contribution < 1.29 is 17.5 Å². The SMILES string of the molecule is CS(=O)(=O)CCNCc1ccc(N2C=Cc3cncc(Nc4ccc(OCc5ccc(F)cc5)cc4)c3C2)cc1. The Bertz CT molecular complexity index is 1570. The number of nitrogens with zero attached hydrogens (tertiary/aromatic N) is 2. The molecule has 0 radical (unpaired) electrons. The highest BCUT2D eigenvalue weighted by atomic mass is 32.2. The molecule has 0 aliphatic carbocycles. The molecule has 0 fully saturated rings. The number of hydrogen-bond acceptors (Lipinski definition) is 7. The molecule has 0 saturated carbocycles. The van der Waals surface area contributed by atoms with E-state index in [0.717, 1.165) is 45.1 Å². The number of anilines is 3. The third-order valence-corrected chi connectivity index (χ3v) is 7.50. The minimum absolute atomic E-state index is 0.129. The molecule has 5 rings (SSSR count). The zero-order valence-corrected chi connectivity index (χ0v) is 23.0. The molecule has 1 aromatic heterocycles. The highest BCUT2D eigenvalue weighted by Gasteiger charge is 2.16. The Morgan fingerprint density at radius 2 is 1.68 bits per heavy atom. The lowest BCUT2D eigenvalue weighted by atomic mass is 10.0. The van der Waals surface area contributed by atoms with Crippen molar-refractivity contribution in [2.45, 2.75) is 19.7 Å². The van der Waals surface area contributed by atoms with Gasteiger partial charge in [0.1, 0.15) is 28.0 Å². The zero-order valence-electron chi connectivity index (χ0n) is 22.2. The van der Waals surface area contributed by atoms with Crippen molar-refractivity contribution in [2.75, 3.05) is 28.8 Å². The van der Waals surface area contributed by atoms with Crippen LogP contribution in [0.5, 0.6) is 5.75 Å². The van der Waals surface area contributed by atoms with Crippen molar-refractivity contribution in [1.82, 2.24) is 10.3 Å². The van der Waals surface area contributed by atoms with Crippen molar-refractivity contribution in [3.05, 3.63) is 119 Å². The number of nitrogens with one attached hydrogen (secondary N) is 2. The molecule has 0 bridgehead atoms. The van der Waals surface area contributed by atoms with Gasteiger partial charge in [-0.3, -0.25) is 4.98 Å². The molecule has 0 atom stereocenters. The average molecular weight is 559 g/mol. The van der Waals surface area contributed by atoms with E-state index < -0.39 is 9.84 Å². The summed E-state index contributed by atoms with van der Waals surface area (Å²) < 4.78 is 41.5. The van der Waals surface area contributed by atoms with Crippen LogP contribution in [0.25, 0.3) is 6.08 Å². The fourth-order valence-corrected chi connectivity index (χ4v) is 4.85. The summed E-state index contributed by atoms with van der Waals surface area (Å²) in [6.45, 7) is 2.10. The normalized spacial score (nSPS) is 12.7. The number of aromatic nitrogens is 1. The lowest BCUT2D eigenvalue weighted by molar-refractivity contribution is 0.306. The van der Waals surface area contributed by atoms with Crippen LogP contribution in [0.4, 0.5) is 21.5 Å². The fraction of sp³-hybridized carbons (Fsp3) is 0.194. The van der Waals surface area contributed by atoms with Gasteiger partial charge in [0.05, 0.1) is 24.2 Å². The summed E-state index contributed by atoms with van der Waals surface area (Å²) in [7, 11) is -2.96. The summed E-state index contributed by atoms with van der Waals surface area (Å²) in [5.74, 6) is 0.594. The van der Waals surface area contributed by atoms with E-state index in [-0.39, 0.29) is 11.6 Å². The van der Waals surface area contributed by atoms with Gasteiger partial charge < -0.3 is 20.3 Å². The molecule has 7 nitrogen and oxygen atoms in total. The van der Waals surface area contributed by atoms with Crippen molar-refractivity contribution in [1.29, 1.82) is 0 Å². The van der Waals surface area contributed by atoms with E-state index in [0.29, 0.717) is 26.2 Å². The first-order valence-electron chi connectivity index (χ1n) is 13.0. The minimum atomic E-state index is -2.96. The molecule has 1 aliphatic rings. The Hall–Kier alpha value is -4.21. The van der Waals surface area contributed by atoms with Crippen molar-refractivity contribution in [3.63, 3.8) is 0 Å². The Kier molecular flexibility index (Phi) is 8.42. The van der Waals surface area contributed by atoms with Crippen molar-refractivity contribution in [3.8, 4) is 5.75 Å². The van der Waals surface area contributed by atoms with Crippen molar-refractivity contribution >= 4 is 33.0 Å². The molecule has 9 heteroatoms. The predicted octanol–water partition coefficient (Wildman–Crippen LogP) is 5.67. The maximum atomic E-state index is 13.1. The third kappa shape index (κ3) is 7.46. The monoisotopic (exact) mass is 558 g/mol. The summed E-state index contributed by atoms with van der Waals surface area (Å²) in [6, 6.07) is 22.2. The maximum absolute atomic E-state index is 13.1. The first-order valence-corrected chi connectivity index (χ1v) is 15.0. The van der Waals surface area contributed by atoms with E-state index in [1.807, 2.05) is 36.7 Å². The van der Waals surface area contributed by atoms with Crippen LogP contribution in [-0.2, 0) is 29.5 Å². The topological polar surface area (TPSA) is 83.6 Å². The second kappa shape index (κ2) is 12.3. The quantitative estimate of drug-likeness (QED) is 0.230. The highest BCUT2D eigenvalue weighted by Crippen LogP contribution is 2.31. The molecule has 206 valence electrons. The van der Waals surface area contributed by atoms with Gasteiger partial charge in [-0.05, 0) is 65.7 Å². The van der Waals surface area contributed by atoms with Gasteiger partial charge in [-0.2, -0.15) is 0 Å². The molecular weight excluding hydrogens is 527 g/mol. The lowest BCUT2D eigenvalue weighted by Gasteiger charge is -2.27. The van der Waals surface area contributed by atoms with Gasteiger partial charge in [-0.25, -0.2) is 12.8 Å². The first-order chi connectivity index (χ1) is 19.3. The zero-order chi connectivity index (χ0) is 28.0. The van der Waals surface area contributed by atoms with Gasteiger partial charge in [0, 0.05) is 54.2 Å². The smallest absolute Gasteiger partial charge is 0.148 e. The third-order valence-electron chi connectivity index (χ3n) is 6.55. The molecule has 0 unspecified atom stereocenters. The van der Waals surface area contributed by atoms with Crippen LogP contribution < -0.4 is 20.3 Å². The standard InChI is InChI=1S/C31H31FN4O3S/c1-40(37,38)17-15-33-18-23-4-10-28(11-5-23)36-16-14-25-19-34-20-31(30(25)21-36)35-27-8-12-29(13-9-27)39-22-24-2-6-26(32)7-3-24/h2-14,16,19-20,33,35H,15,17-18,21-22H2,1H3. The molecule has 3 aromatic carbocycles. The van der Waals surface area contributed by atoms with Gasteiger partial charge in [0.15, 0.2) is 0 Å². The molecule has 0 amide bonds. The second-order valence-electron chi connectivity index (χ2n) is 9.74. The van der Waals surface area contributed by atoms with E-state index in [1.54, 1.807) is 12.1 Å². The van der Waals surface area contributed by atoms with Crippen LogP contribution in [0.1, 0.15) is 22.3 Å². The minimum Gasteiger partial charge on any atom is -0.489 e. The molecule has 1 aliphatic heterocycles. The number of rotatable bonds is 11. The average Bonchev–Trinajstić information content (AvgIpc) is 2.96. The predicted molar refractivity (Wildman–Crippen MR) is 158 cm³/mol. The maximum Gasteiger partial charge on any atom is 0.148 e. The van der Waals surface area contributed by atoms with Crippen molar-refractivity contribution in [2.24, 2.45) is 0 Å². The van der Waals surface area contributed by atoms with E-state index in [1.165, 1.54) is 18.4 Å². The van der Waals surface area contributed by atoms with Crippen LogP contribution in [-0.4, -0.2) is 32.0 Å². The Morgan fingerprint density at radius 3 is 2.40 bits per heavy atom. The van der Waals surface area contributed by atoms with E-state index in [9.17, 15) is 12.8 Å². The van der Waals surface area contributed by atoms with E-state index in [2.05, 4.69) is 57.1 Å². The van der Waals surface area contributed by atoms with Crippen LogP contribution in [0.2, 0.25) is 0 Å². The molecular formula is C31H31FN4O3S. The lowest BCUT2D eigenvalue weighted by Crippen LogP contribution is -2.22. The number of ether oxygens (including phenoxy) is 1. The number of pyridine rings is 1. The Morgan fingerprint density at radius 1 is 0.950 bits per heavy atom. The van der Waals surface area contributed by atoms with Gasteiger partial charge in [-0.15, -0.1) is 0 Å². The number of fused-ring (bicyclic) bond motifs is 1. The van der Waals surface area contributed by atoms with Crippen LogP contribution in [0, 0.1) is 5.82 Å². The molecule has 0 spiro atoms. The van der Waals surface area contributed by atoms with Gasteiger partial charge in [0.2, 0.25) is 0 Å². The Balaban J connectivity index is 1.20. The van der Waals surface area contributed by atoms with Crippen LogP contribution >= 0.6 is 0 Å². The first kappa shape index (κ1) is 27.4. The summed E-state index contributed by atoms with van der Waals surface area (Å²) in [6.07, 6.45) is 9.06. The van der Waals surface area contributed by atoms with Gasteiger partial charge >= 0.3 is 0 Å². The summed E-state index contributed by atoms with van der Waals surface area (Å²) in [4.78, 5) is 6.59. The largest absolute Gasteiger partial charge is 0.489 e. The summed E-state index contributed by atoms with van der Waals surface area (Å²) in [5.41, 5.74) is 7.10. The van der Waals surface area contributed by atoms with E-state index >= 15 is 0 Å². The van der Waals surface area contributed by atoms with Crippen LogP contribution in [0.3, 0.4) is 0 Å².